The first-order valence-corrected chi connectivity index (χ1v) is 16.1. The van der Waals surface area contributed by atoms with E-state index in [2.05, 4.69) is 26.6 Å². The second-order valence-electron chi connectivity index (χ2n) is 13.7. The lowest BCUT2D eigenvalue weighted by molar-refractivity contribution is -0.145. The van der Waals surface area contributed by atoms with Crippen molar-refractivity contribution in [3.05, 3.63) is 0 Å². The summed E-state index contributed by atoms with van der Waals surface area (Å²) in [5.41, 5.74) is 3.90. The molecule has 6 unspecified atom stereocenters. The normalized spacial score (nSPS) is 18.9. The summed E-state index contributed by atoms with van der Waals surface area (Å²) in [5.74, 6) is -4.36. The predicted molar refractivity (Wildman–Crippen MR) is 172 cm³/mol. The highest BCUT2D eigenvalue weighted by molar-refractivity contribution is 5.97. The zero-order valence-corrected chi connectivity index (χ0v) is 28.8. The Morgan fingerprint density at radius 1 is 0.851 bits per heavy atom. The summed E-state index contributed by atoms with van der Waals surface area (Å²) in [6.45, 7) is 12.6. The Labute approximate surface area is 276 Å². The summed E-state index contributed by atoms with van der Waals surface area (Å²) in [6.07, 6.45) is -0.734. The molecule has 16 heteroatoms. The summed E-state index contributed by atoms with van der Waals surface area (Å²) < 4.78 is 0. The number of likely N-dealkylation sites (tertiary alicyclic amines) is 1. The minimum absolute atomic E-state index is 0.0760. The maximum absolute atomic E-state index is 13.4. The van der Waals surface area contributed by atoms with Crippen LogP contribution in [-0.4, -0.2) is 111 Å². The Hall–Kier alpha value is -3.79. The number of aliphatic hydroxyl groups is 2. The van der Waals surface area contributed by atoms with Crippen LogP contribution in [-0.2, 0) is 33.6 Å². The lowest BCUT2D eigenvalue weighted by atomic mass is 10.0. The molecule has 16 nitrogen and oxygen atoms in total. The predicted octanol–water partition coefficient (Wildman–Crippen LogP) is -1.83. The molecule has 1 aliphatic heterocycles. The van der Waals surface area contributed by atoms with Gasteiger partial charge in [0.15, 0.2) is 0 Å². The first-order valence-electron chi connectivity index (χ1n) is 16.1. The van der Waals surface area contributed by atoms with E-state index in [0.29, 0.717) is 6.42 Å². The number of carbonyl (C=O) groups excluding carboxylic acids is 7. The summed E-state index contributed by atoms with van der Waals surface area (Å²) in [6, 6.07) is -5.16. The van der Waals surface area contributed by atoms with Crippen LogP contribution in [0.4, 0.5) is 0 Å². The van der Waals surface area contributed by atoms with E-state index in [9.17, 15) is 43.8 Å². The number of carbonyl (C=O) groups is 7. The Kier molecular flexibility index (Phi) is 16.2. The maximum atomic E-state index is 13.4. The van der Waals surface area contributed by atoms with Crippen molar-refractivity contribution in [3.63, 3.8) is 0 Å². The highest BCUT2D eigenvalue weighted by Gasteiger charge is 2.45. The molecular formula is C31H55N7O9. The molecule has 0 radical (unpaired) electrons. The number of nitrogens with two attached hydrogens (primary N) is 1. The van der Waals surface area contributed by atoms with Crippen molar-refractivity contribution in [1.82, 2.24) is 31.5 Å². The zero-order chi connectivity index (χ0) is 36.2. The van der Waals surface area contributed by atoms with Crippen molar-refractivity contribution < 1.29 is 43.8 Å². The fraction of sp³-hybridized carbons (Fsp3) is 0.774. The number of nitrogens with zero attached hydrogens (tertiary/aromatic N) is 1. The van der Waals surface area contributed by atoms with E-state index in [4.69, 9.17) is 5.73 Å². The highest BCUT2D eigenvalue weighted by Crippen LogP contribution is 2.23. The molecule has 0 bridgehead atoms. The molecular weight excluding hydrogens is 614 g/mol. The number of amides is 7. The van der Waals surface area contributed by atoms with Gasteiger partial charge in [-0.2, -0.15) is 0 Å². The minimum atomic E-state index is -1.36. The minimum Gasteiger partial charge on any atom is -0.394 e. The van der Waals surface area contributed by atoms with Gasteiger partial charge in [-0.25, -0.2) is 0 Å². The van der Waals surface area contributed by atoms with Gasteiger partial charge in [0, 0.05) is 26.3 Å². The van der Waals surface area contributed by atoms with Gasteiger partial charge in [0.2, 0.25) is 41.4 Å². The molecule has 9 N–H and O–H groups in total. The number of hydrogen-bond acceptors (Lipinski definition) is 9. The summed E-state index contributed by atoms with van der Waals surface area (Å²) in [7, 11) is 0. The van der Waals surface area contributed by atoms with Crippen LogP contribution in [0.5, 0.6) is 0 Å². The van der Waals surface area contributed by atoms with Gasteiger partial charge in [-0.15, -0.1) is 0 Å². The number of hydrogen-bond donors (Lipinski definition) is 8. The fourth-order valence-corrected chi connectivity index (χ4v) is 5.39. The van der Waals surface area contributed by atoms with Crippen LogP contribution in [0.1, 0.15) is 87.5 Å². The molecule has 47 heavy (non-hydrogen) atoms. The molecule has 0 aliphatic carbocycles. The number of aliphatic hydroxyl groups excluding tert-OH is 2. The third-order valence-electron chi connectivity index (χ3n) is 7.59. The van der Waals surface area contributed by atoms with Gasteiger partial charge in [0.1, 0.15) is 29.7 Å². The van der Waals surface area contributed by atoms with Crippen LogP contribution in [0.25, 0.3) is 0 Å². The topological polar surface area (TPSA) is 249 Å². The van der Waals surface area contributed by atoms with E-state index in [1.165, 1.54) is 32.6 Å². The van der Waals surface area contributed by atoms with E-state index in [0.717, 1.165) is 0 Å². The molecule has 6 atom stereocenters. The van der Waals surface area contributed by atoms with Crippen LogP contribution < -0.4 is 32.3 Å². The molecule has 0 aromatic rings. The van der Waals surface area contributed by atoms with Crippen molar-refractivity contribution in [2.24, 2.45) is 17.6 Å². The van der Waals surface area contributed by atoms with Crippen molar-refractivity contribution in [2.45, 2.75) is 129 Å². The third kappa shape index (κ3) is 13.8. The van der Waals surface area contributed by atoms with E-state index in [1.807, 2.05) is 27.7 Å². The molecule has 0 aromatic heterocycles. The average molecular weight is 670 g/mol. The highest BCUT2D eigenvalue weighted by atomic mass is 16.3. The van der Waals surface area contributed by atoms with Crippen LogP contribution in [0.3, 0.4) is 0 Å². The molecule has 0 saturated carbocycles. The van der Waals surface area contributed by atoms with Gasteiger partial charge >= 0.3 is 0 Å². The fourth-order valence-electron chi connectivity index (χ4n) is 5.39. The molecule has 1 aliphatic rings. The Morgan fingerprint density at radius 3 is 1.94 bits per heavy atom. The van der Waals surface area contributed by atoms with Crippen LogP contribution in [0.15, 0.2) is 0 Å². The van der Waals surface area contributed by atoms with E-state index < -0.39 is 83.2 Å². The SMILES string of the molecule is CC(=O)NC(C)(C)C(=O)N1CC(O)CC1C(=O)NC(CC(C)C)C(=O)NC(C)C(=O)NC(CCC(N)=O)C(=O)NC(CO)CC(C)C. The molecule has 1 fully saturated rings. The molecule has 1 heterocycles. The zero-order valence-electron chi connectivity index (χ0n) is 28.8. The smallest absolute Gasteiger partial charge is 0.248 e. The summed E-state index contributed by atoms with van der Waals surface area (Å²) in [4.78, 5) is 90.4. The first-order chi connectivity index (χ1) is 21.7. The average Bonchev–Trinajstić information content (AvgIpc) is 3.33. The molecule has 7 amide bonds. The second kappa shape index (κ2) is 18.5. The first kappa shape index (κ1) is 41.2. The van der Waals surface area contributed by atoms with Crippen LogP contribution in [0.2, 0.25) is 0 Å². The third-order valence-corrected chi connectivity index (χ3v) is 7.59. The van der Waals surface area contributed by atoms with E-state index >= 15 is 0 Å². The molecule has 268 valence electrons. The maximum Gasteiger partial charge on any atom is 0.248 e. The molecule has 1 rings (SSSR count). The van der Waals surface area contributed by atoms with Crippen LogP contribution in [0, 0.1) is 11.8 Å². The standard InChI is InChI=1S/C31H55N7O9/c1-16(2)11-20(15-39)34-27(44)22(9-10-25(32)42)35-26(43)18(5)33-28(45)23(12-17(3)4)36-29(46)24-13-21(41)14-38(24)30(47)31(7,8)37-19(6)40/h16-18,20-24,39,41H,9-15H2,1-8H3,(H2,32,42)(H,33,45)(H,34,44)(H,35,43)(H,36,46)(H,37,40). The van der Waals surface area contributed by atoms with Gasteiger partial charge in [-0.3, -0.25) is 33.6 Å². The van der Waals surface area contributed by atoms with Gasteiger partial charge in [0.05, 0.1) is 18.8 Å². The number of nitrogens with one attached hydrogen (secondary N) is 5. The molecule has 0 spiro atoms. The Bertz CT molecular complexity index is 1140. The molecule has 0 aromatic carbocycles. The van der Waals surface area contributed by atoms with Crippen molar-refractivity contribution in [2.75, 3.05) is 13.2 Å². The van der Waals surface area contributed by atoms with Gasteiger partial charge < -0.3 is 47.4 Å². The monoisotopic (exact) mass is 669 g/mol. The number of β-amino-alcohol motifs (C(OH)–C–C–N with tert-alkyl or cyclic N) is 1. The van der Waals surface area contributed by atoms with Gasteiger partial charge in [-0.1, -0.05) is 27.7 Å². The summed E-state index contributed by atoms with van der Waals surface area (Å²) >= 11 is 0. The summed E-state index contributed by atoms with van der Waals surface area (Å²) in [5, 5.41) is 32.9. The number of primary amides is 1. The van der Waals surface area contributed by atoms with Gasteiger partial charge in [0.25, 0.3) is 0 Å². The quantitative estimate of drug-likeness (QED) is 0.0816. The largest absolute Gasteiger partial charge is 0.394 e. The Morgan fingerprint density at radius 2 is 1.43 bits per heavy atom. The Balaban J connectivity index is 3.05. The lowest BCUT2D eigenvalue weighted by Gasteiger charge is -2.33. The van der Waals surface area contributed by atoms with Crippen molar-refractivity contribution in [1.29, 1.82) is 0 Å². The lowest BCUT2D eigenvalue weighted by Crippen LogP contribution is -2.60. The van der Waals surface area contributed by atoms with Crippen molar-refractivity contribution in [3.8, 4) is 0 Å². The number of rotatable bonds is 18. The second-order valence-corrected chi connectivity index (χ2v) is 13.7. The van der Waals surface area contributed by atoms with E-state index in [1.54, 1.807) is 0 Å². The van der Waals surface area contributed by atoms with Crippen molar-refractivity contribution >= 4 is 41.4 Å². The molecule has 1 saturated heterocycles. The van der Waals surface area contributed by atoms with E-state index in [-0.39, 0.29) is 50.7 Å². The van der Waals surface area contributed by atoms with Gasteiger partial charge in [-0.05, 0) is 51.9 Å². The van der Waals surface area contributed by atoms with Crippen LogP contribution >= 0.6 is 0 Å².